The SMILES string of the molecule is CC(C)(C)C(=O)OC1c2ccccc2CCC1(C)C. The van der Waals surface area contributed by atoms with E-state index in [1.807, 2.05) is 26.8 Å². The molecule has 0 saturated heterocycles. The summed E-state index contributed by atoms with van der Waals surface area (Å²) in [5, 5.41) is 0. The first kappa shape index (κ1) is 14.1. The second-order valence-corrected chi connectivity index (χ2v) is 7.22. The first-order valence-electron chi connectivity index (χ1n) is 7.01. The molecule has 2 rings (SSSR count). The van der Waals surface area contributed by atoms with Crippen molar-refractivity contribution in [2.45, 2.75) is 53.6 Å². The third-order valence-corrected chi connectivity index (χ3v) is 3.92. The molecule has 1 aromatic rings. The average Bonchev–Trinajstić information content (AvgIpc) is 2.31. The fourth-order valence-corrected chi connectivity index (χ4v) is 2.53. The number of benzene rings is 1. The molecule has 0 saturated carbocycles. The van der Waals surface area contributed by atoms with Gasteiger partial charge in [0.25, 0.3) is 0 Å². The molecular formula is C17H24O2. The Balaban J connectivity index is 2.34. The molecule has 2 nitrogen and oxygen atoms in total. The van der Waals surface area contributed by atoms with Crippen molar-refractivity contribution in [2.75, 3.05) is 0 Å². The highest BCUT2D eigenvalue weighted by molar-refractivity contribution is 5.75. The maximum atomic E-state index is 12.2. The summed E-state index contributed by atoms with van der Waals surface area (Å²) >= 11 is 0. The highest BCUT2D eigenvalue weighted by atomic mass is 16.5. The number of carbonyl (C=O) groups excluding carboxylic acids is 1. The maximum absolute atomic E-state index is 12.2. The number of hydrogen-bond donors (Lipinski definition) is 0. The summed E-state index contributed by atoms with van der Waals surface area (Å²) in [7, 11) is 0. The van der Waals surface area contributed by atoms with Crippen LogP contribution in [0.3, 0.4) is 0 Å². The zero-order valence-corrected chi connectivity index (χ0v) is 12.6. The van der Waals surface area contributed by atoms with Gasteiger partial charge in [-0.2, -0.15) is 0 Å². The van der Waals surface area contributed by atoms with Crippen LogP contribution >= 0.6 is 0 Å². The second-order valence-electron chi connectivity index (χ2n) is 7.22. The number of fused-ring (bicyclic) bond motifs is 1. The van der Waals surface area contributed by atoms with E-state index in [0.29, 0.717) is 0 Å². The van der Waals surface area contributed by atoms with Crippen molar-refractivity contribution in [3.63, 3.8) is 0 Å². The Morgan fingerprint density at radius 1 is 1.26 bits per heavy atom. The Morgan fingerprint density at radius 3 is 2.53 bits per heavy atom. The van der Waals surface area contributed by atoms with Crippen LogP contribution in [0.1, 0.15) is 58.3 Å². The van der Waals surface area contributed by atoms with Crippen molar-refractivity contribution in [3.05, 3.63) is 35.4 Å². The standard InChI is InChI=1S/C17H24O2/c1-16(2,3)15(18)19-14-13-9-7-6-8-12(13)10-11-17(14,4)5/h6-9,14H,10-11H2,1-5H3. The molecule has 104 valence electrons. The minimum absolute atomic E-state index is 0.00470. The highest BCUT2D eigenvalue weighted by Crippen LogP contribution is 2.46. The molecule has 0 aliphatic heterocycles. The van der Waals surface area contributed by atoms with Crippen molar-refractivity contribution in [2.24, 2.45) is 10.8 Å². The van der Waals surface area contributed by atoms with Crippen LogP contribution in [0, 0.1) is 10.8 Å². The molecule has 2 heteroatoms. The molecule has 0 bridgehead atoms. The van der Waals surface area contributed by atoms with E-state index in [0.717, 1.165) is 12.8 Å². The lowest BCUT2D eigenvalue weighted by Crippen LogP contribution is -2.35. The van der Waals surface area contributed by atoms with Crippen molar-refractivity contribution in [3.8, 4) is 0 Å². The Hall–Kier alpha value is -1.31. The quantitative estimate of drug-likeness (QED) is 0.704. The number of aryl methyl sites for hydroxylation is 1. The highest BCUT2D eigenvalue weighted by Gasteiger charge is 2.40. The zero-order valence-electron chi connectivity index (χ0n) is 12.6. The van der Waals surface area contributed by atoms with E-state index in [1.54, 1.807) is 0 Å². The Kier molecular flexibility index (Phi) is 3.46. The van der Waals surface area contributed by atoms with E-state index >= 15 is 0 Å². The van der Waals surface area contributed by atoms with Gasteiger partial charge in [-0.15, -0.1) is 0 Å². The topological polar surface area (TPSA) is 26.3 Å². The summed E-state index contributed by atoms with van der Waals surface area (Å²) < 4.78 is 5.86. The normalized spacial score (nSPS) is 21.6. The summed E-state index contributed by atoms with van der Waals surface area (Å²) in [5.74, 6) is -0.123. The number of rotatable bonds is 1. The van der Waals surface area contributed by atoms with Crippen LogP contribution in [0.2, 0.25) is 0 Å². The molecule has 1 aliphatic rings. The zero-order chi connectivity index (χ0) is 14.3. The van der Waals surface area contributed by atoms with Gasteiger partial charge in [0.1, 0.15) is 6.10 Å². The van der Waals surface area contributed by atoms with Gasteiger partial charge in [-0.25, -0.2) is 0 Å². The number of hydrogen-bond acceptors (Lipinski definition) is 2. The molecular weight excluding hydrogens is 236 g/mol. The molecule has 0 fully saturated rings. The van der Waals surface area contributed by atoms with Crippen LogP contribution < -0.4 is 0 Å². The smallest absolute Gasteiger partial charge is 0.311 e. The molecule has 0 heterocycles. The van der Waals surface area contributed by atoms with Crippen molar-refractivity contribution < 1.29 is 9.53 Å². The first-order valence-corrected chi connectivity index (χ1v) is 7.01. The second kappa shape index (κ2) is 4.66. The predicted molar refractivity (Wildman–Crippen MR) is 76.8 cm³/mol. The minimum Gasteiger partial charge on any atom is -0.457 e. The third kappa shape index (κ3) is 2.83. The van der Waals surface area contributed by atoms with E-state index in [4.69, 9.17) is 4.74 Å². The lowest BCUT2D eigenvalue weighted by Gasteiger charge is -2.40. The van der Waals surface area contributed by atoms with Crippen LogP contribution in [0.4, 0.5) is 0 Å². The molecule has 0 radical (unpaired) electrons. The van der Waals surface area contributed by atoms with Crippen LogP contribution in [0.5, 0.6) is 0 Å². The Morgan fingerprint density at radius 2 is 1.89 bits per heavy atom. The fourth-order valence-electron chi connectivity index (χ4n) is 2.53. The van der Waals surface area contributed by atoms with E-state index in [2.05, 4.69) is 32.0 Å². The van der Waals surface area contributed by atoms with Gasteiger partial charge in [0.15, 0.2) is 0 Å². The van der Waals surface area contributed by atoms with Crippen molar-refractivity contribution >= 4 is 5.97 Å². The molecule has 1 atom stereocenters. The summed E-state index contributed by atoms with van der Waals surface area (Å²) in [6.45, 7) is 10.1. The first-order chi connectivity index (χ1) is 8.72. The lowest BCUT2D eigenvalue weighted by atomic mass is 9.72. The van der Waals surface area contributed by atoms with Crippen molar-refractivity contribution in [1.82, 2.24) is 0 Å². The Bertz CT molecular complexity index is 480. The van der Waals surface area contributed by atoms with Gasteiger partial charge >= 0.3 is 5.97 Å². The largest absolute Gasteiger partial charge is 0.457 e. The van der Waals surface area contributed by atoms with E-state index < -0.39 is 5.41 Å². The van der Waals surface area contributed by atoms with E-state index in [9.17, 15) is 4.79 Å². The Labute approximate surface area is 116 Å². The molecule has 1 unspecified atom stereocenters. The van der Waals surface area contributed by atoms with Crippen LogP contribution in [0.25, 0.3) is 0 Å². The molecule has 0 spiro atoms. The minimum atomic E-state index is -0.456. The molecule has 1 aliphatic carbocycles. The predicted octanol–water partition coefficient (Wildman–Crippen LogP) is 4.29. The third-order valence-electron chi connectivity index (χ3n) is 3.92. The van der Waals surface area contributed by atoms with Gasteiger partial charge < -0.3 is 4.74 Å². The summed E-state index contributed by atoms with van der Waals surface area (Å²) in [5.41, 5.74) is 2.03. The van der Waals surface area contributed by atoms with Gasteiger partial charge in [-0.1, -0.05) is 38.1 Å². The maximum Gasteiger partial charge on any atom is 0.311 e. The van der Waals surface area contributed by atoms with Gasteiger partial charge in [-0.05, 0) is 44.7 Å². The van der Waals surface area contributed by atoms with Gasteiger partial charge in [-0.3, -0.25) is 4.79 Å². The molecule has 0 amide bonds. The number of ether oxygens (including phenoxy) is 1. The van der Waals surface area contributed by atoms with Crippen LogP contribution in [-0.4, -0.2) is 5.97 Å². The monoisotopic (exact) mass is 260 g/mol. The van der Waals surface area contributed by atoms with Crippen molar-refractivity contribution in [1.29, 1.82) is 0 Å². The average molecular weight is 260 g/mol. The van der Waals surface area contributed by atoms with Gasteiger partial charge in [0, 0.05) is 5.41 Å². The van der Waals surface area contributed by atoms with Gasteiger partial charge in [0.05, 0.1) is 5.41 Å². The van der Waals surface area contributed by atoms with E-state index in [-0.39, 0.29) is 17.5 Å². The van der Waals surface area contributed by atoms with Crippen LogP contribution in [0.15, 0.2) is 24.3 Å². The van der Waals surface area contributed by atoms with Crippen LogP contribution in [-0.2, 0) is 16.0 Å². The summed E-state index contributed by atoms with van der Waals surface area (Å²) in [4.78, 5) is 12.2. The molecule has 0 N–H and O–H groups in total. The number of esters is 1. The van der Waals surface area contributed by atoms with Gasteiger partial charge in [0.2, 0.25) is 0 Å². The lowest BCUT2D eigenvalue weighted by molar-refractivity contribution is -0.166. The van der Waals surface area contributed by atoms with E-state index in [1.165, 1.54) is 11.1 Å². The fraction of sp³-hybridized carbons (Fsp3) is 0.588. The molecule has 0 aromatic heterocycles. The summed E-state index contributed by atoms with van der Waals surface area (Å²) in [6.07, 6.45) is 1.97. The molecule has 19 heavy (non-hydrogen) atoms. The molecule has 1 aromatic carbocycles. The summed E-state index contributed by atoms with van der Waals surface area (Å²) in [6, 6.07) is 8.32. The number of carbonyl (C=O) groups is 1.